The van der Waals surface area contributed by atoms with Gasteiger partial charge in [0.2, 0.25) is 0 Å². The minimum Gasteiger partial charge on any atom is -0.507 e. The summed E-state index contributed by atoms with van der Waals surface area (Å²) >= 11 is 5.75. The molecule has 3 N–H and O–H groups in total. The molecule has 1 heterocycles. The molecule has 0 spiro atoms. The zero-order chi connectivity index (χ0) is 14.7. The Balaban J connectivity index is 2.24. The van der Waals surface area contributed by atoms with E-state index in [1.54, 1.807) is 0 Å². The highest BCUT2D eigenvalue weighted by molar-refractivity contribution is 6.30. The van der Waals surface area contributed by atoms with Crippen LogP contribution in [0.4, 0.5) is 5.69 Å². The molecule has 2 rings (SSSR count). The maximum atomic E-state index is 11.9. The maximum absolute atomic E-state index is 11.9. The molecule has 1 aromatic heterocycles. The number of amides is 1. The van der Waals surface area contributed by atoms with Crippen LogP contribution in [0.15, 0.2) is 36.5 Å². The largest absolute Gasteiger partial charge is 0.507 e. The van der Waals surface area contributed by atoms with Crippen LogP contribution >= 0.6 is 11.6 Å². The van der Waals surface area contributed by atoms with Crippen LogP contribution in [0.5, 0.6) is 5.75 Å². The average Bonchev–Trinajstić information content (AvgIpc) is 2.40. The van der Waals surface area contributed by atoms with E-state index >= 15 is 0 Å². The summed E-state index contributed by atoms with van der Waals surface area (Å²) in [7, 11) is 0. The van der Waals surface area contributed by atoms with E-state index in [4.69, 9.17) is 16.7 Å². The molecule has 0 bridgehead atoms. The number of carboxylic acids is 1. The molecule has 0 unspecified atom stereocenters. The van der Waals surface area contributed by atoms with E-state index in [1.807, 2.05) is 0 Å². The van der Waals surface area contributed by atoms with Gasteiger partial charge in [-0.05, 0) is 30.3 Å². The lowest BCUT2D eigenvalue weighted by molar-refractivity contribution is 0.0693. The van der Waals surface area contributed by atoms with E-state index in [-0.39, 0.29) is 22.7 Å². The first kappa shape index (κ1) is 13.8. The van der Waals surface area contributed by atoms with Gasteiger partial charge in [-0.25, -0.2) is 4.79 Å². The molecule has 0 fully saturated rings. The summed E-state index contributed by atoms with van der Waals surface area (Å²) in [6.07, 6.45) is 1.39. The fraction of sp³-hybridized carbons (Fsp3) is 0. The van der Waals surface area contributed by atoms with Crippen molar-refractivity contribution in [3.8, 4) is 5.75 Å². The Kier molecular flexibility index (Phi) is 3.86. The second-order valence-electron chi connectivity index (χ2n) is 3.85. The molecule has 1 amide bonds. The van der Waals surface area contributed by atoms with Gasteiger partial charge in [0.15, 0.2) is 0 Å². The predicted octanol–water partition coefficient (Wildman–Crippen LogP) is 2.39. The highest BCUT2D eigenvalue weighted by Crippen LogP contribution is 2.22. The highest BCUT2D eigenvalue weighted by atomic mass is 35.5. The molecule has 0 saturated carbocycles. The van der Waals surface area contributed by atoms with Crippen LogP contribution in [-0.4, -0.2) is 27.1 Å². The average molecular weight is 293 g/mol. The highest BCUT2D eigenvalue weighted by Gasteiger charge is 2.13. The van der Waals surface area contributed by atoms with E-state index in [9.17, 15) is 14.7 Å². The Hall–Kier alpha value is -2.60. The molecule has 6 nitrogen and oxygen atoms in total. The number of carbonyl (C=O) groups excluding carboxylic acids is 1. The summed E-state index contributed by atoms with van der Waals surface area (Å²) < 4.78 is 0. The van der Waals surface area contributed by atoms with Gasteiger partial charge in [-0.3, -0.25) is 9.78 Å². The van der Waals surface area contributed by atoms with Crippen LogP contribution in [-0.2, 0) is 0 Å². The summed E-state index contributed by atoms with van der Waals surface area (Å²) in [4.78, 5) is 26.6. The number of anilines is 1. The van der Waals surface area contributed by atoms with Gasteiger partial charge in [0, 0.05) is 16.9 Å². The third kappa shape index (κ3) is 3.04. The Morgan fingerprint density at radius 2 is 1.95 bits per heavy atom. The second-order valence-corrected chi connectivity index (χ2v) is 4.29. The van der Waals surface area contributed by atoms with E-state index in [0.717, 1.165) is 6.07 Å². The molecule has 20 heavy (non-hydrogen) atoms. The molecule has 0 aliphatic heterocycles. The Bertz CT molecular complexity index is 688. The zero-order valence-corrected chi connectivity index (χ0v) is 10.8. The number of halogens is 1. The van der Waals surface area contributed by atoms with Gasteiger partial charge < -0.3 is 15.5 Å². The van der Waals surface area contributed by atoms with Crippen molar-refractivity contribution in [1.82, 2.24) is 4.98 Å². The summed E-state index contributed by atoms with van der Waals surface area (Å²) in [6, 6.07) is 6.63. The molecule has 1 aromatic carbocycles. The number of carboxylic acid groups (broad SMARTS) is 1. The number of nitrogens with one attached hydrogen (secondary N) is 1. The van der Waals surface area contributed by atoms with Crippen LogP contribution in [0.2, 0.25) is 5.02 Å². The van der Waals surface area contributed by atoms with Crippen molar-refractivity contribution in [3.05, 3.63) is 52.8 Å². The van der Waals surface area contributed by atoms with E-state index < -0.39 is 11.9 Å². The van der Waals surface area contributed by atoms with Gasteiger partial charge in [-0.15, -0.1) is 0 Å². The summed E-state index contributed by atoms with van der Waals surface area (Å²) in [6.45, 7) is 0. The van der Waals surface area contributed by atoms with Crippen molar-refractivity contribution in [1.29, 1.82) is 0 Å². The van der Waals surface area contributed by atoms with E-state index in [1.165, 1.54) is 30.5 Å². The molecular weight excluding hydrogens is 284 g/mol. The van der Waals surface area contributed by atoms with Crippen molar-refractivity contribution in [3.63, 3.8) is 0 Å². The summed E-state index contributed by atoms with van der Waals surface area (Å²) in [5.41, 5.74) is 0.0243. The van der Waals surface area contributed by atoms with E-state index in [2.05, 4.69) is 10.3 Å². The van der Waals surface area contributed by atoms with Crippen LogP contribution < -0.4 is 5.32 Å². The van der Waals surface area contributed by atoms with Crippen LogP contribution in [0, 0.1) is 0 Å². The number of hydrogen-bond acceptors (Lipinski definition) is 4. The third-order valence-corrected chi connectivity index (χ3v) is 2.67. The number of rotatable bonds is 3. The summed E-state index contributed by atoms with van der Waals surface area (Å²) in [5.74, 6) is -2.20. The topological polar surface area (TPSA) is 99.5 Å². The van der Waals surface area contributed by atoms with Gasteiger partial charge in [-0.2, -0.15) is 0 Å². The van der Waals surface area contributed by atoms with Gasteiger partial charge in [0.25, 0.3) is 5.91 Å². The Morgan fingerprint density at radius 1 is 1.20 bits per heavy atom. The lowest BCUT2D eigenvalue weighted by Gasteiger charge is -2.07. The minimum absolute atomic E-state index is 0.0995. The molecule has 2 aromatic rings. The van der Waals surface area contributed by atoms with Gasteiger partial charge in [0.05, 0.1) is 0 Å². The first-order valence-corrected chi connectivity index (χ1v) is 5.84. The number of aromatic carboxylic acids is 1. The lowest BCUT2D eigenvalue weighted by atomic mass is 10.1. The first-order chi connectivity index (χ1) is 9.47. The SMILES string of the molecule is O=C(Nc1ccc(O)c(C(=O)O)c1)c1cc(Cl)ccn1. The van der Waals surface area contributed by atoms with Gasteiger partial charge in [0.1, 0.15) is 17.0 Å². The van der Waals surface area contributed by atoms with Crippen LogP contribution in [0.1, 0.15) is 20.8 Å². The fourth-order valence-electron chi connectivity index (χ4n) is 1.51. The maximum Gasteiger partial charge on any atom is 0.339 e. The first-order valence-electron chi connectivity index (χ1n) is 5.46. The second kappa shape index (κ2) is 5.58. The van der Waals surface area contributed by atoms with E-state index in [0.29, 0.717) is 5.02 Å². The summed E-state index contributed by atoms with van der Waals surface area (Å²) in [5, 5.41) is 21.1. The minimum atomic E-state index is -1.29. The normalized spacial score (nSPS) is 10.1. The number of benzene rings is 1. The van der Waals surface area contributed by atoms with Crippen LogP contribution in [0.25, 0.3) is 0 Å². The Morgan fingerprint density at radius 3 is 2.60 bits per heavy atom. The van der Waals surface area contributed by atoms with Crippen molar-refractivity contribution in [2.75, 3.05) is 5.32 Å². The number of aromatic nitrogens is 1. The third-order valence-electron chi connectivity index (χ3n) is 2.44. The smallest absolute Gasteiger partial charge is 0.339 e. The van der Waals surface area contributed by atoms with Crippen molar-refractivity contribution in [2.24, 2.45) is 0 Å². The fourth-order valence-corrected chi connectivity index (χ4v) is 1.67. The van der Waals surface area contributed by atoms with Crippen molar-refractivity contribution < 1.29 is 19.8 Å². The number of nitrogens with zero attached hydrogens (tertiary/aromatic N) is 1. The molecule has 0 aliphatic carbocycles. The zero-order valence-electron chi connectivity index (χ0n) is 10.0. The number of hydrogen-bond donors (Lipinski definition) is 3. The molecule has 0 saturated heterocycles. The monoisotopic (exact) mass is 292 g/mol. The lowest BCUT2D eigenvalue weighted by Crippen LogP contribution is -2.14. The number of pyridine rings is 1. The van der Waals surface area contributed by atoms with Crippen molar-refractivity contribution in [2.45, 2.75) is 0 Å². The number of carbonyl (C=O) groups is 2. The predicted molar refractivity (Wildman–Crippen MR) is 72.3 cm³/mol. The van der Waals surface area contributed by atoms with Gasteiger partial charge in [-0.1, -0.05) is 11.6 Å². The van der Waals surface area contributed by atoms with Gasteiger partial charge >= 0.3 is 5.97 Å². The molecular formula is C13H9ClN2O4. The molecule has 0 aliphatic rings. The molecule has 102 valence electrons. The number of phenols is 1. The quantitative estimate of drug-likeness (QED) is 0.754. The molecule has 0 radical (unpaired) electrons. The standard InChI is InChI=1S/C13H9ClN2O4/c14-7-3-4-15-10(5-7)12(18)16-8-1-2-11(17)9(6-8)13(19)20/h1-6,17H,(H,16,18)(H,19,20). The Labute approximate surface area is 118 Å². The number of aromatic hydroxyl groups is 1. The van der Waals surface area contributed by atoms with Crippen LogP contribution in [0.3, 0.4) is 0 Å². The van der Waals surface area contributed by atoms with Crippen molar-refractivity contribution >= 4 is 29.2 Å². The molecule has 7 heteroatoms. The molecule has 0 atom stereocenters.